The summed E-state index contributed by atoms with van der Waals surface area (Å²) in [5.41, 5.74) is 1.07. The number of hydrogen-bond acceptors (Lipinski definition) is 6. The van der Waals surface area contributed by atoms with E-state index in [1.54, 1.807) is 25.1 Å². The molecular weight excluding hydrogens is 550 g/mol. The first kappa shape index (κ1) is 27.8. The molecule has 36 heavy (non-hydrogen) atoms. The molecule has 0 unspecified atom stereocenters. The van der Waals surface area contributed by atoms with Gasteiger partial charge in [-0.3, -0.25) is 13.9 Å². The molecule has 0 aromatic heterocycles. The molecule has 0 saturated heterocycles. The number of ether oxygens (including phenoxy) is 2. The monoisotopic (exact) mass is 581 g/mol. The van der Waals surface area contributed by atoms with Crippen molar-refractivity contribution >= 4 is 43.5 Å². The third-order valence-electron chi connectivity index (χ3n) is 5.90. The van der Waals surface area contributed by atoms with Crippen LogP contribution in [0.4, 0.5) is 5.69 Å². The van der Waals surface area contributed by atoms with Gasteiger partial charge in [0.2, 0.25) is 21.8 Å². The standard InChI is InChI=1S/C25H32BrN3O6S/c1-5-17(2)27-25(31)18(3)28(15-19-7-6-8-20(26)13-19)24(30)16-29(36(4,32)33)21-9-10-22-23(14-21)35-12-11-34-22/h6-10,13-14,17-18H,5,11-12,15-16H2,1-4H3,(H,27,31)/t17-,18+/m1/s1. The summed E-state index contributed by atoms with van der Waals surface area (Å²) in [7, 11) is -3.84. The molecule has 1 heterocycles. The van der Waals surface area contributed by atoms with E-state index in [1.165, 1.54) is 4.90 Å². The first-order valence-corrected chi connectivity index (χ1v) is 14.4. The first-order chi connectivity index (χ1) is 17.0. The quantitative estimate of drug-likeness (QED) is 0.461. The number of nitrogens with zero attached hydrogens (tertiary/aromatic N) is 2. The maximum Gasteiger partial charge on any atom is 0.244 e. The van der Waals surface area contributed by atoms with E-state index in [2.05, 4.69) is 21.2 Å². The van der Waals surface area contributed by atoms with E-state index in [9.17, 15) is 18.0 Å². The van der Waals surface area contributed by atoms with Crippen LogP contribution in [0.15, 0.2) is 46.9 Å². The van der Waals surface area contributed by atoms with Crippen molar-refractivity contribution < 1.29 is 27.5 Å². The SMILES string of the molecule is CC[C@@H](C)NC(=O)[C@H](C)N(Cc1cccc(Br)c1)C(=O)CN(c1ccc2c(c1)OCCO2)S(C)(=O)=O. The van der Waals surface area contributed by atoms with Crippen molar-refractivity contribution in [2.24, 2.45) is 0 Å². The number of fused-ring (bicyclic) bond motifs is 1. The minimum atomic E-state index is -3.84. The van der Waals surface area contributed by atoms with Crippen molar-refractivity contribution in [1.82, 2.24) is 10.2 Å². The lowest BCUT2D eigenvalue weighted by atomic mass is 10.1. The van der Waals surface area contributed by atoms with Crippen LogP contribution in [-0.2, 0) is 26.2 Å². The van der Waals surface area contributed by atoms with Crippen LogP contribution in [0, 0.1) is 0 Å². The Labute approximate surface area is 220 Å². The van der Waals surface area contributed by atoms with Gasteiger partial charge in [0.05, 0.1) is 11.9 Å². The van der Waals surface area contributed by atoms with Gasteiger partial charge in [0.25, 0.3) is 0 Å². The summed E-state index contributed by atoms with van der Waals surface area (Å²) in [6.07, 6.45) is 1.78. The van der Waals surface area contributed by atoms with Gasteiger partial charge in [-0.15, -0.1) is 0 Å². The van der Waals surface area contributed by atoms with Gasteiger partial charge in [-0.1, -0.05) is 35.0 Å². The second-order valence-electron chi connectivity index (χ2n) is 8.74. The number of rotatable bonds is 10. The number of amides is 2. The molecule has 196 valence electrons. The maximum atomic E-state index is 13.6. The summed E-state index contributed by atoms with van der Waals surface area (Å²) < 4.78 is 38.4. The first-order valence-electron chi connectivity index (χ1n) is 11.7. The van der Waals surface area contributed by atoms with Gasteiger partial charge in [0.1, 0.15) is 25.8 Å². The molecular formula is C25H32BrN3O6S. The topological polar surface area (TPSA) is 105 Å². The second-order valence-corrected chi connectivity index (χ2v) is 11.6. The van der Waals surface area contributed by atoms with Crippen molar-refractivity contribution in [3.63, 3.8) is 0 Å². The smallest absolute Gasteiger partial charge is 0.244 e. The van der Waals surface area contributed by atoms with Gasteiger partial charge >= 0.3 is 0 Å². The van der Waals surface area contributed by atoms with Crippen LogP contribution in [-0.4, -0.2) is 63.2 Å². The Kier molecular flexibility index (Phi) is 9.24. The summed E-state index contributed by atoms with van der Waals surface area (Å²) in [4.78, 5) is 28.0. The van der Waals surface area contributed by atoms with E-state index in [-0.39, 0.29) is 24.2 Å². The lowest BCUT2D eigenvalue weighted by Gasteiger charge is -2.32. The molecule has 0 aliphatic carbocycles. The molecule has 2 amide bonds. The third-order valence-corrected chi connectivity index (χ3v) is 7.54. The summed E-state index contributed by atoms with van der Waals surface area (Å²) in [5.74, 6) is 0.101. The fourth-order valence-corrected chi connectivity index (χ4v) is 4.97. The fourth-order valence-electron chi connectivity index (χ4n) is 3.68. The van der Waals surface area contributed by atoms with E-state index in [0.29, 0.717) is 24.7 Å². The van der Waals surface area contributed by atoms with Crippen molar-refractivity contribution in [2.75, 3.05) is 30.3 Å². The van der Waals surface area contributed by atoms with Gasteiger partial charge < -0.3 is 19.7 Å². The molecule has 9 nitrogen and oxygen atoms in total. The summed E-state index contributed by atoms with van der Waals surface area (Å²) in [6.45, 7) is 5.89. The highest BCUT2D eigenvalue weighted by Crippen LogP contribution is 2.34. The molecule has 0 bridgehead atoms. The van der Waals surface area contributed by atoms with E-state index < -0.39 is 28.5 Å². The molecule has 2 aromatic rings. The van der Waals surface area contributed by atoms with E-state index in [0.717, 1.165) is 27.0 Å². The Balaban J connectivity index is 1.91. The molecule has 0 radical (unpaired) electrons. The predicted octanol–water partition coefficient (Wildman–Crippen LogP) is 3.32. The number of hydrogen-bond donors (Lipinski definition) is 1. The third kappa shape index (κ3) is 7.13. The van der Waals surface area contributed by atoms with Crippen LogP contribution in [0.1, 0.15) is 32.8 Å². The number of carbonyl (C=O) groups excluding carboxylic acids is 2. The zero-order valence-corrected chi connectivity index (χ0v) is 23.3. The predicted molar refractivity (Wildman–Crippen MR) is 142 cm³/mol. The molecule has 11 heteroatoms. The van der Waals surface area contributed by atoms with Gasteiger partial charge in [-0.25, -0.2) is 8.42 Å². The number of sulfonamides is 1. The molecule has 0 fully saturated rings. The number of nitrogens with one attached hydrogen (secondary N) is 1. The summed E-state index contributed by atoms with van der Waals surface area (Å²) in [5, 5.41) is 2.91. The minimum absolute atomic E-state index is 0.0620. The van der Waals surface area contributed by atoms with Gasteiger partial charge in [0, 0.05) is 23.1 Å². The number of carbonyl (C=O) groups is 2. The Bertz CT molecular complexity index is 1210. The molecule has 2 atom stereocenters. The van der Waals surface area contributed by atoms with E-state index >= 15 is 0 Å². The fraction of sp³-hybridized carbons (Fsp3) is 0.440. The molecule has 1 aliphatic rings. The molecule has 3 rings (SSSR count). The minimum Gasteiger partial charge on any atom is -0.486 e. The highest BCUT2D eigenvalue weighted by molar-refractivity contribution is 9.10. The van der Waals surface area contributed by atoms with Gasteiger partial charge in [0.15, 0.2) is 11.5 Å². The number of benzene rings is 2. The largest absolute Gasteiger partial charge is 0.486 e. The normalized spacial score (nSPS) is 14.5. The van der Waals surface area contributed by atoms with Crippen LogP contribution in [0.25, 0.3) is 0 Å². The maximum absolute atomic E-state index is 13.6. The molecule has 1 aliphatic heterocycles. The van der Waals surface area contributed by atoms with Crippen molar-refractivity contribution in [3.05, 3.63) is 52.5 Å². The average molecular weight is 583 g/mol. The second kappa shape index (κ2) is 12.0. The molecule has 0 spiro atoms. The molecule has 0 saturated carbocycles. The lowest BCUT2D eigenvalue weighted by Crippen LogP contribution is -2.52. The summed E-state index contributed by atoms with van der Waals surface area (Å²) in [6, 6.07) is 11.2. The van der Waals surface area contributed by atoms with Gasteiger partial charge in [-0.2, -0.15) is 0 Å². The van der Waals surface area contributed by atoms with E-state index in [1.807, 2.05) is 38.1 Å². The van der Waals surface area contributed by atoms with Crippen LogP contribution in [0.2, 0.25) is 0 Å². The Morgan fingerprint density at radius 1 is 1.08 bits per heavy atom. The van der Waals surface area contributed by atoms with Crippen LogP contribution >= 0.6 is 15.9 Å². The Hall–Kier alpha value is -2.79. The molecule has 1 N–H and O–H groups in total. The highest BCUT2D eigenvalue weighted by Gasteiger charge is 2.31. The highest BCUT2D eigenvalue weighted by atomic mass is 79.9. The summed E-state index contributed by atoms with van der Waals surface area (Å²) >= 11 is 3.43. The van der Waals surface area contributed by atoms with Crippen LogP contribution in [0.5, 0.6) is 11.5 Å². The lowest BCUT2D eigenvalue weighted by molar-refractivity contribution is -0.139. The zero-order chi connectivity index (χ0) is 26.5. The van der Waals surface area contributed by atoms with Crippen molar-refractivity contribution in [3.8, 4) is 11.5 Å². The van der Waals surface area contributed by atoms with Crippen LogP contribution in [0.3, 0.4) is 0 Å². The number of halogens is 1. The van der Waals surface area contributed by atoms with Crippen molar-refractivity contribution in [2.45, 2.75) is 45.8 Å². The van der Waals surface area contributed by atoms with Crippen molar-refractivity contribution in [1.29, 1.82) is 0 Å². The number of anilines is 1. The van der Waals surface area contributed by atoms with Crippen LogP contribution < -0.4 is 19.1 Å². The van der Waals surface area contributed by atoms with E-state index in [4.69, 9.17) is 9.47 Å². The van der Waals surface area contributed by atoms with Gasteiger partial charge in [-0.05, 0) is 50.1 Å². The Morgan fingerprint density at radius 3 is 2.42 bits per heavy atom. The zero-order valence-electron chi connectivity index (χ0n) is 20.9. The Morgan fingerprint density at radius 2 is 1.78 bits per heavy atom. The molecule has 2 aromatic carbocycles. The average Bonchev–Trinajstić information content (AvgIpc) is 2.84.